The van der Waals surface area contributed by atoms with Gasteiger partial charge >= 0.3 is 11.8 Å². The molecule has 29 heavy (non-hydrogen) atoms. The van der Waals surface area contributed by atoms with Gasteiger partial charge in [0.2, 0.25) is 5.91 Å². The zero-order chi connectivity index (χ0) is 21.0. The van der Waals surface area contributed by atoms with Crippen LogP contribution in [0.1, 0.15) is 16.7 Å². The molecule has 0 saturated carbocycles. The predicted molar refractivity (Wildman–Crippen MR) is 110 cm³/mol. The van der Waals surface area contributed by atoms with Crippen molar-refractivity contribution in [1.82, 2.24) is 9.80 Å². The third-order valence-electron chi connectivity index (χ3n) is 4.95. The van der Waals surface area contributed by atoms with Gasteiger partial charge in [-0.1, -0.05) is 30.3 Å². The zero-order valence-electron chi connectivity index (χ0n) is 16.9. The molecule has 1 fully saturated rings. The molecule has 1 aliphatic rings. The monoisotopic (exact) mass is 395 g/mol. The van der Waals surface area contributed by atoms with Crippen molar-refractivity contribution in [2.75, 3.05) is 32.1 Å². The van der Waals surface area contributed by atoms with Crippen LogP contribution in [0, 0.1) is 13.8 Å². The summed E-state index contributed by atoms with van der Waals surface area (Å²) < 4.78 is 5.31. The van der Waals surface area contributed by atoms with E-state index in [0.717, 1.165) is 16.7 Å². The van der Waals surface area contributed by atoms with Crippen molar-refractivity contribution >= 4 is 23.4 Å². The summed E-state index contributed by atoms with van der Waals surface area (Å²) in [6.07, 6.45) is 0. The molecular weight excluding hydrogens is 370 g/mol. The SMILES string of the molecule is COc1ccccc1CN1CCN(CC(=O)Nc2cc(C)ccc2C)C(=O)C1=O. The number of nitrogens with zero attached hydrogens (tertiary/aromatic N) is 2. The highest BCUT2D eigenvalue weighted by atomic mass is 16.5. The Morgan fingerprint density at radius 3 is 2.48 bits per heavy atom. The minimum Gasteiger partial charge on any atom is -0.496 e. The molecule has 1 N–H and O–H groups in total. The van der Waals surface area contributed by atoms with Gasteiger partial charge in [-0.3, -0.25) is 14.4 Å². The molecule has 2 aromatic carbocycles. The van der Waals surface area contributed by atoms with E-state index < -0.39 is 11.8 Å². The molecule has 2 aromatic rings. The van der Waals surface area contributed by atoms with Gasteiger partial charge in [0.1, 0.15) is 12.3 Å². The van der Waals surface area contributed by atoms with Crippen molar-refractivity contribution < 1.29 is 19.1 Å². The lowest BCUT2D eigenvalue weighted by Crippen LogP contribution is -2.55. The first-order chi connectivity index (χ1) is 13.9. The smallest absolute Gasteiger partial charge is 0.312 e. The largest absolute Gasteiger partial charge is 0.496 e. The topological polar surface area (TPSA) is 79.0 Å². The standard InChI is InChI=1S/C22H25N3O4/c1-15-8-9-16(2)18(12-15)23-20(26)14-25-11-10-24(21(27)22(25)28)13-17-6-4-5-7-19(17)29-3/h4-9,12H,10-11,13-14H2,1-3H3,(H,23,26). The number of benzene rings is 2. The number of carbonyl (C=O) groups is 3. The summed E-state index contributed by atoms with van der Waals surface area (Å²) in [6, 6.07) is 13.2. The number of nitrogens with one attached hydrogen (secondary N) is 1. The summed E-state index contributed by atoms with van der Waals surface area (Å²) in [5, 5.41) is 2.83. The van der Waals surface area contributed by atoms with Crippen LogP contribution in [0.15, 0.2) is 42.5 Å². The highest BCUT2D eigenvalue weighted by Crippen LogP contribution is 2.21. The number of hydrogen-bond acceptors (Lipinski definition) is 4. The molecule has 0 unspecified atom stereocenters. The molecule has 0 atom stereocenters. The number of rotatable bonds is 6. The fourth-order valence-corrected chi connectivity index (χ4v) is 3.29. The van der Waals surface area contributed by atoms with Gasteiger partial charge in [0.05, 0.1) is 7.11 Å². The molecule has 7 nitrogen and oxygen atoms in total. The van der Waals surface area contributed by atoms with E-state index in [9.17, 15) is 14.4 Å². The van der Waals surface area contributed by atoms with Crippen molar-refractivity contribution in [3.8, 4) is 5.75 Å². The van der Waals surface area contributed by atoms with Crippen LogP contribution in [-0.4, -0.2) is 54.3 Å². The summed E-state index contributed by atoms with van der Waals surface area (Å²) in [5.74, 6) is -0.926. The van der Waals surface area contributed by atoms with E-state index in [1.54, 1.807) is 7.11 Å². The molecule has 1 heterocycles. The first kappa shape index (κ1) is 20.4. The lowest BCUT2D eigenvalue weighted by molar-refractivity contribution is -0.157. The van der Waals surface area contributed by atoms with Crippen molar-refractivity contribution in [1.29, 1.82) is 0 Å². The fourth-order valence-electron chi connectivity index (χ4n) is 3.29. The second kappa shape index (κ2) is 8.77. The maximum Gasteiger partial charge on any atom is 0.312 e. The van der Waals surface area contributed by atoms with Gasteiger partial charge in [-0.15, -0.1) is 0 Å². The van der Waals surface area contributed by atoms with E-state index in [2.05, 4.69) is 5.32 Å². The molecule has 1 saturated heterocycles. The number of aryl methyl sites for hydroxylation is 2. The van der Waals surface area contributed by atoms with Gasteiger partial charge in [0, 0.05) is 30.9 Å². The molecule has 0 aliphatic carbocycles. The van der Waals surface area contributed by atoms with Crippen LogP contribution >= 0.6 is 0 Å². The van der Waals surface area contributed by atoms with Gasteiger partial charge in [0.15, 0.2) is 0 Å². The summed E-state index contributed by atoms with van der Waals surface area (Å²) >= 11 is 0. The van der Waals surface area contributed by atoms with Crippen LogP contribution in [0.25, 0.3) is 0 Å². The van der Waals surface area contributed by atoms with E-state index in [-0.39, 0.29) is 19.0 Å². The van der Waals surface area contributed by atoms with E-state index in [1.165, 1.54) is 9.80 Å². The van der Waals surface area contributed by atoms with Crippen molar-refractivity contribution in [2.24, 2.45) is 0 Å². The minimum atomic E-state index is -0.665. The van der Waals surface area contributed by atoms with Gasteiger partial charge in [-0.25, -0.2) is 0 Å². The first-order valence-electron chi connectivity index (χ1n) is 9.46. The fraction of sp³-hybridized carbons (Fsp3) is 0.318. The molecule has 0 aromatic heterocycles. The quantitative estimate of drug-likeness (QED) is 0.760. The predicted octanol–water partition coefficient (Wildman–Crippen LogP) is 2.12. The molecule has 7 heteroatoms. The van der Waals surface area contributed by atoms with Crippen molar-refractivity contribution in [3.63, 3.8) is 0 Å². The Labute approximate surface area is 170 Å². The Kier molecular flexibility index (Phi) is 6.16. The maximum absolute atomic E-state index is 12.5. The average Bonchev–Trinajstić information content (AvgIpc) is 2.71. The second-order valence-corrected chi connectivity index (χ2v) is 7.13. The third kappa shape index (κ3) is 4.74. The van der Waals surface area contributed by atoms with Gasteiger partial charge in [-0.05, 0) is 37.1 Å². The van der Waals surface area contributed by atoms with Crippen molar-refractivity contribution in [2.45, 2.75) is 20.4 Å². The number of methoxy groups -OCH3 is 1. The summed E-state index contributed by atoms with van der Waals surface area (Å²) in [6.45, 7) is 4.65. The van der Waals surface area contributed by atoms with Crippen LogP contribution in [0.3, 0.4) is 0 Å². The molecular formula is C22H25N3O4. The second-order valence-electron chi connectivity index (χ2n) is 7.13. The van der Waals surface area contributed by atoms with Gasteiger partial charge in [-0.2, -0.15) is 0 Å². The van der Waals surface area contributed by atoms with Crippen LogP contribution in [-0.2, 0) is 20.9 Å². The molecule has 0 bridgehead atoms. The Balaban J connectivity index is 1.61. The summed E-state index contributed by atoms with van der Waals surface area (Å²) in [7, 11) is 1.57. The van der Waals surface area contributed by atoms with Gasteiger partial charge < -0.3 is 19.9 Å². The first-order valence-corrected chi connectivity index (χ1v) is 9.46. The molecule has 0 radical (unpaired) electrons. The van der Waals surface area contributed by atoms with Crippen molar-refractivity contribution in [3.05, 3.63) is 59.2 Å². The average molecular weight is 395 g/mol. The van der Waals surface area contributed by atoms with Crippen LogP contribution in [0.5, 0.6) is 5.75 Å². The third-order valence-corrected chi connectivity index (χ3v) is 4.95. The highest BCUT2D eigenvalue weighted by Gasteiger charge is 2.33. The van der Waals surface area contributed by atoms with E-state index in [1.807, 2.05) is 56.3 Å². The Bertz CT molecular complexity index is 941. The lowest BCUT2D eigenvalue weighted by Gasteiger charge is -2.33. The minimum absolute atomic E-state index is 0.152. The maximum atomic E-state index is 12.5. The molecule has 152 valence electrons. The molecule has 3 amide bonds. The van der Waals surface area contributed by atoms with Crippen LogP contribution in [0.2, 0.25) is 0 Å². The summed E-state index contributed by atoms with van der Waals surface area (Å²) in [4.78, 5) is 40.2. The van der Waals surface area contributed by atoms with Crippen LogP contribution < -0.4 is 10.1 Å². The molecule has 1 aliphatic heterocycles. The highest BCUT2D eigenvalue weighted by molar-refractivity contribution is 6.35. The number of para-hydroxylation sites is 1. The van der Waals surface area contributed by atoms with Crippen LogP contribution in [0.4, 0.5) is 5.69 Å². The lowest BCUT2D eigenvalue weighted by atomic mass is 10.1. The number of hydrogen-bond donors (Lipinski definition) is 1. The number of amides is 3. The summed E-state index contributed by atoms with van der Waals surface area (Å²) in [5.41, 5.74) is 3.51. The van der Waals surface area contributed by atoms with E-state index in [4.69, 9.17) is 4.74 Å². The Morgan fingerprint density at radius 1 is 1.03 bits per heavy atom. The number of ether oxygens (including phenoxy) is 1. The number of piperazine rings is 1. The van der Waals surface area contributed by atoms with E-state index in [0.29, 0.717) is 24.5 Å². The van der Waals surface area contributed by atoms with E-state index >= 15 is 0 Å². The normalized spacial score (nSPS) is 14.2. The Hall–Kier alpha value is -3.35. The molecule has 3 rings (SSSR count). The van der Waals surface area contributed by atoms with Gasteiger partial charge in [0.25, 0.3) is 0 Å². The Morgan fingerprint density at radius 2 is 1.72 bits per heavy atom. The zero-order valence-corrected chi connectivity index (χ0v) is 16.9. The molecule has 0 spiro atoms. The number of anilines is 1. The number of carbonyl (C=O) groups excluding carboxylic acids is 3.